The fraction of sp³-hybridized carbons (Fsp3) is 0.286. The van der Waals surface area contributed by atoms with Gasteiger partial charge in [-0.05, 0) is 57.5 Å². The Bertz CT molecular complexity index is 796. The minimum atomic E-state index is -1.25. The van der Waals surface area contributed by atoms with E-state index in [2.05, 4.69) is 10.6 Å². The first-order chi connectivity index (χ1) is 12.2. The molecule has 0 radical (unpaired) electrons. The Morgan fingerprint density at radius 1 is 0.885 bits per heavy atom. The zero-order valence-corrected chi connectivity index (χ0v) is 15.5. The first-order valence-electron chi connectivity index (χ1n) is 8.50. The Morgan fingerprint density at radius 3 is 2.00 bits per heavy atom. The number of ketones is 1. The second-order valence-corrected chi connectivity index (χ2v) is 6.82. The Morgan fingerprint density at radius 2 is 1.46 bits per heavy atom. The van der Waals surface area contributed by atoms with E-state index in [1.54, 1.807) is 38.1 Å². The first kappa shape index (κ1) is 19.4. The number of hydrogen-bond donors (Lipinski definition) is 2. The van der Waals surface area contributed by atoms with Gasteiger partial charge in [0.25, 0.3) is 0 Å². The second kappa shape index (κ2) is 7.95. The van der Waals surface area contributed by atoms with Crippen LogP contribution in [-0.2, 0) is 9.59 Å². The van der Waals surface area contributed by atoms with E-state index in [4.69, 9.17) is 0 Å². The maximum atomic E-state index is 12.6. The molecule has 2 aromatic rings. The number of carbonyl (C=O) groups excluding carboxylic acids is 3. The van der Waals surface area contributed by atoms with Crippen LogP contribution in [0.4, 0.5) is 5.69 Å². The third kappa shape index (κ3) is 4.57. The van der Waals surface area contributed by atoms with Crippen molar-refractivity contribution in [2.75, 3.05) is 5.32 Å². The van der Waals surface area contributed by atoms with Crippen molar-refractivity contribution in [1.29, 1.82) is 0 Å². The van der Waals surface area contributed by atoms with E-state index in [1.807, 2.05) is 37.3 Å². The Hall–Kier alpha value is -2.95. The summed E-state index contributed by atoms with van der Waals surface area (Å²) in [5.41, 5.74) is 0.827. The predicted molar refractivity (Wildman–Crippen MR) is 102 cm³/mol. The molecule has 1 atom stereocenters. The van der Waals surface area contributed by atoms with Crippen molar-refractivity contribution in [3.63, 3.8) is 0 Å². The topological polar surface area (TPSA) is 75.3 Å². The molecule has 2 aromatic carbocycles. The molecule has 5 nitrogen and oxygen atoms in total. The molecule has 0 aliphatic rings. The van der Waals surface area contributed by atoms with Gasteiger partial charge in [-0.25, -0.2) is 0 Å². The van der Waals surface area contributed by atoms with E-state index in [0.29, 0.717) is 11.3 Å². The highest BCUT2D eigenvalue weighted by Crippen LogP contribution is 2.22. The van der Waals surface area contributed by atoms with Crippen molar-refractivity contribution < 1.29 is 14.4 Å². The molecule has 5 heteroatoms. The van der Waals surface area contributed by atoms with Crippen molar-refractivity contribution >= 4 is 23.3 Å². The number of benzene rings is 2. The van der Waals surface area contributed by atoms with Gasteiger partial charge in [0.2, 0.25) is 11.8 Å². The van der Waals surface area contributed by atoms with E-state index < -0.39 is 11.3 Å². The van der Waals surface area contributed by atoms with Crippen LogP contribution in [-0.4, -0.2) is 17.6 Å². The minimum Gasteiger partial charge on any atom is -0.349 e. The van der Waals surface area contributed by atoms with Gasteiger partial charge in [0.15, 0.2) is 5.78 Å². The molecule has 2 amide bonds. The summed E-state index contributed by atoms with van der Waals surface area (Å²) < 4.78 is 0. The number of Topliss-reactive ketones (excluding diaryl/α,β-unsaturated/α-hetero) is 1. The normalized spacial score (nSPS) is 12.2. The summed E-state index contributed by atoms with van der Waals surface area (Å²) >= 11 is 0. The number of amides is 2. The zero-order valence-electron chi connectivity index (χ0n) is 15.5. The van der Waals surface area contributed by atoms with E-state index >= 15 is 0 Å². The van der Waals surface area contributed by atoms with Crippen molar-refractivity contribution in [3.8, 4) is 0 Å². The lowest BCUT2D eigenvalue weighted by Crippen LogP contribution is -2.45. The molecule has 0 saturated carbocycles. The summed E-state index contributed by atoms with van der Waals surface area (Å²) in [4.78, 5) is 36.5. The molecule has 0 aliphatic heterocycles. The zero-order chi connectivity index (χ0) is 19.3. The van der Waals surface area contributed by atoms with Crippen LogP contribution in [0.5, 0.6) is 0 Å². The largest absolute Gasteiger partial charge is 0.349 e. The van der Waals surface area contributed by atoms with Crippen LogP contribution in [0.15, 0.2) is 54.6 Å². The Balaban J connectivity index is 2.04. The molecule has 0 saturated heterocycles. The molecule has 0 aliphatic carbocycles. The summed E-state index contributed by atoms with van der Waals surface area (Å²) in [5, 5.41) is 5.61. The molecule has 1 unspecified atom stereocenters. The average molecular weight is 352 g/mol. The molecule has 2 rings (SSSR count). The highest BCUT2D eigenvalue weighted by molar-refractivity contribution is 6.10. The maximum absolute atomic E-state index is 12.6. The molecule has 0 bridgehead atoms. The third-order valence-electron chi connectivity index (χ3n) is 4.33. The fourth-order valence-corrected chi connectivity index (χ4v) is 2.38. The second-order valence-electron chi connectivity index (χ2n) is 6.82. The van der Waals surface area contributed by atoms with Gasteiger partial charge in [0, 0.05) is 11.3 Å². The highest BCUT2D eigenvalue weighted by atomic mass is 16.2. The quantitative estimate of drug-likeness (QED) is 0.614. The number of nitrogens with one attached hydrogen (secondary N) is 2. The average Bonchev–Trinajstić information content (AvgIpc) is 2.62. The summed E-state index contributed by atoms with van der Waals surface area (Å²) in [7, 11) is 0. The van der Waals surface area contributed by atoms with Crippen LogP contribution >= 0.6 is 0 Å². The standard InChI is InChI=1S/C21H24N2O3/c1-14(16-8-6-5-7-9-16)22-19(25)21(3,4)20(26)23-18-12-10-17(11-13-18)15(2)24/h5-14H,1-4H3,(H,22,25)(H,23,26). The molecular formula is C21H24N2O3. The summed E-state index contributed by atoms with van der Waals surface area (Å²) in [6.07, 6.45) is 0. The summed E-state index contributed by atoms with van der Waals surface area (Å²) in [6.45, 7) is 6.52. The number of hydrogen-bond acceptors (Lipinski definition) is 3. The predicted octanol–water partition coefficient (Wildman–Crippen LogP) is 3.73. The molecule has 0 spiro atoms. The smallest absolute Gasteiger partial charge is 0.239 e. The van der Waals surface area contributed by atoms with Gasteiger partial charge in [0.1, 0.15) is 5.41 Å². The molecule has 0 heterocycles. The lowest BCUT2D eigenvalue weighted by atomic mass is 9.90. The molecular weight excluding hydrogens is 328 g/mol. The van der Waals surface area contributed by atoms with Crippen LogP contribution < -0.4 is 10.6 Å². The van der Waals surface area contributed by atoms with E-state index in [9.17, 15) is 14.4 Å². The van der Waals surface area contributed by atoms with Gasteiger partial charge in [-0.2, -0.15) is 0 Å². The molecule has 26 heavy (non-hydrogen) atoms. The minimum absolute atomic E-state index is 0.0440. The maximum Gasteiger partial charge on any atom is 0.239 e. The van der Waals surface area contributed by atoms with Crippen molar-refractivity contribution in [2.45, 2.75) is 33.7 Å². The van der Waals surface area contributed by atoms with Crippen molar-refractivity contribution in [3.05, 3.63) is 65.7 Å². The molecule has 2 N–H and O–H groups in total. The van der Waals surface area contributed by atoms with Gasteiger partial charge >= 0.3 is 0 Å². The lowest BCUT2D eigenvalue weighted by Gasteiger charge is -2.25. The van der Waals surface area contributed by atoms with Crippen LogP contribution in [0.2, 0.25) is 0 Å². The number of rotatable bonds is 6. The molecule has 0 aromatic heterocycles. The van der Waals surface area contributed by atoms with Gasteiger partial charge in [-0.15, -0.1) is 0 Å². The summed E-state index contributed by atoms with van der Waals surface area (Å²) in [5.74, 6) is -0.810. The van der Waals surface area contributed by atoms with Gasteiger partial charge in [-0.3, -0.25) is 14.4 Å². The number of anilines is 1. The Kier molecular flexibility index (Phi) is 5.93. The monoisotopic (exact) mass is 352 g/mol. The van der Waals surface area contributed by atoms with Crippen LogP contribution in [0.1, 0.15) is 49.7 Å². The van der Waals surface area contributed by atoms with E-state index in [-0.39, 0.29) is 17.7 Å². The fourth-order valence-electron chi connectivity index (χ4n) is 2.38. The Labute approximate surface area is 153 Å². The lowest BCUT2D eigenvalue weighted by molar-refractivity contribution is -0.138. The SMILES string of the molecule is CC(=O)c1ccc(NC(=O)C(C)(C)C(=O)NC(C)c2ccccc2)cc1. The van der Waals surface area contributed by atoms with Gasteiger partial charge < -0.3 is 10.6 Å². The molecule has 0 fully saturated rings. The summed E-state index contributed by atoms with van der Waals surface area (Å²) in [6, 6.07) is 15.9. The molecule has 136 valence electrons. The van der Waals surface area contributed by atoms with E-state index in [1.165, 1.54) is 6.92 Å². The first-order valence-corrected chi connectivity index (χ1v) is 8.50. The highest BCUT2D eigenvalue weighted by Gasteiger charge is 2.36. The van der Waals surface area contributed by atoms with Gasteiger partial charge in [0.05, 0.1) is 6.04 Å². The van der Waals surface area contributed by atoms with Crippen LogP contribution in [0, 0.1) is 5.41 Å². The number of carbonyl (C=O) groups is 3. The van der Waals surface area contributed by atoms with Crippen LogP contribution in [0.3, 0.4) is 0 Å². The van der Waals surface area contributed by atoms with E-state index in [0.717, 1.165) is 5.56 Å². The third-order valence-corrected chi connectivity index (χ3v) is 4.33. The van der Waals surface area contributed by atoms with Gasteiger partial charge in [-0.1, -0.05) is 30.3 Å². The van der Waals surface area contributed by atoms with Crippen LogP contribution in [0.25, 0.3) is 0 Å². The van der Waals surface area contributed by atoms with Crippen molar-refractivity contribution in [2.24, 2.45) is 5.41 Å². The van der Waals surface area contributed by atoms with Crippen molar-refractivity contribution in [1.82, 2.24) is 5.32 Å².